The first kappa shape index (κ1) is 22.7. The van der Waals surface area contributed by atoms with Gasteiger partial charge in [0, 0.05) is 22.8 Å². The average molecular weight is 462 g/mol. The molecule has 0 spiro atoms. The number of anilines is 1. The number of amides is 1. The van der Waals surface area contributed by atoms with E-state index in [1.807, 2.05) is 51.1 Å². The minimum atomic E-state index is -0.940. The molecule has 0 unspecified atom stereocenters. The molecule has 2 heterocycles. The summed E-state index contributed by atoms with van der Waals surface area (Å²) in [6, 6.07) is 15.4. The van der Waals surface area contributed by atoms with Crippen LogP contribution in [0, 0.1) is 20.8 Å². The predicted octanol–water partition coefficient (Wildman–Crippen LogP) is 5.26. The smallest absolute Gasteiger partial charge is 0.335 e. The number of hydrogen-bond donors (Lipinski definition) is 3. The lowest BCUT2D eigenvalue weighted by Gasteiger charge is -2.13. The van der Waals surface area contributed by atoms with E-state index in [4.69, 9.17) is 0 Å². The normalized spacial score (nSPS) is 16.8. The monoisotopic (exact) mass is 461 g/mol. The summed E-state index contributed by atoms with van der Waals surface area (Å²) in [6.45, 7) is 8.04. The van der Waals surface area contributed by atoms with Gasteiger partial charge in [-0.05, 0) is 86.4 Å². The second-order valence-electron chi connectivity index (χ2n) is 8.14. The van der Waals surface area contributed by atoms with Gasteiger partial charge in [-0.15, -0.1) is 0 Å². The molecular weight excluding hydrogens is 434 g/mol. The van der Waals surface area contributed by atoms with Gasteiger partial charge in [-0.25, -0.2) is 4.79 Å². The molecule has 1 atom stereocenters. The fourth-order valence-electron chi connectivity index (χ4n) is 4.04. The minimum absolute atomic E-state index is 0.102. The standard InChI is InChI=1S/C26H27N3O3S/c1-5-18-6-9-21(10-7-18)27-26-28-24(30)23(33-26)14-20-13-16(3)29(17(20)4)22-11-8-19(25(31)32)12-15(22)2/h6-14,26-27H,5H2,1-4H3,(H,28,30)(H,31,32)/b23-14-/t26-/m1/s1. The number of carboxylic acid groups (broad SMARTS) is 1. The summed E-state index contributed by atoms with van der Waals surface area (Å²) >= 11 is 1.46. The van der Waals surface area contributed by atoms with Crippen LogP contribution in [0.15, 0.2) is 53.4 Å². The van der Waals surface area contributed by atoms with Crippen LogP contribution in [0.1, 0.15) is 45.4 Å². The Labute approximate surface area is 197 Å². The summed E-state index contributed by atoms with van der Waals surface area (Å²) in [5.74, 6) is -1.04. The minimum Gasteiger partial charge on any atom is -0.478 e. The molecule has 33 heavy (non-hydrogen) atoms. The van der Waals surface area contributed by atoms with E-state index in [1.165, 1.54) is 17.3 Å². The molecule has 6 nitrogen and oxygen atoms in total. The highest BCUT2D eigenvalue weighted by Crippen LogP contribution is 2.32. The van der Waals surface area contributed by atoms with Crippen molar-refractivity contribution in [2.75, 3.05) is 5.32 Å². The number of aromatic carboxylic acids is 1. The van der Waals surface area contributed by atoms with Gasteiger partial charge in [-0.3, -0.25) is 4.79 Å². The van der Waals surface area contributed by atoms with Crippen LogP contribution in [0.4, 0.5) is 5.69 Å². The van der Waals surface area contributed by atoms with E-state index >= 15 is 0 Å². The summed E-state index contributed by atoms with van der Waals surface area (Å²) in [4.78, 5) is 24.5. The number of benzene rings is 2. The fraction of sp³-hybridized carbons (Fsp3) is 0.231. The van der Waals surface area contributed by atoms with Crippen LogP contribution >= 0.6 is 11.8 Å². The largest absolute Gasteiger partial charge is 0.478 e. The highest BCUT2D eigenvalue weighted by Gasteiger charge is 2.27. The number of nitrogens with zero attached hydrogens (tertiary/aromatic N) is 1. The molecule has 2 aromatic carbocycles. The Morgan fingerprint density at radius 3 is 2.52 bits per heavy atom. The van der Waals surface area contributed by atoms with Crippen LogP contribution in [0.2, 0.25) is 0 Å². The molecule has 1 aliphatic heterocycles. The quantitative estimate of drug-likeness (QED) is 0.436. The Morgan fingerprint density at radius 1 is 1.15 bits per heavy atom. The molecule has 3 N–H and O–H groups in total. The van der Waals surface area contributed by atoms with E-state index in [2.05, 4.69) is 34.3 Å². The molecule has 1 fully saturated rings. The van der Waals surface area contributed by atoms with Crippen LogP contribution in [-0.2, 0) is 11.2 Å². The molecule has 0 radical (unpaired) electrons. The molecule has 0 aliphatic carbocycles. The zero-order valence-electron chi connectivity index (χ0n) is 19.1. The first-order chi connectivity index (χ1) is 15.8. The second kappa shape index (κ2) is 9.19. The van der Waals surface area contributed by atoms with E-state index in [-0.39, 0.29) is 17.0 Å². The Balaban J connectivity index is 1.57. The van der Waals surface area contributed by atoms with Gasteiger partial charge >= 0.3 is 5.97 Å². The Morgan fingerprint density at radius 2 is 1.88 bits per heavy atom. The molecule has 1 amide bonds. The highest BCUT2D eigenvalue weighted by molar-refractivity contribution is 8.05. The summed E-state index contributed by atoms with van der Waals surface area (Å²) < 4.78 is 2.09. The number of thioether (sulfide) groups is 1. The van der Waals surface area contributed by atoms with Gasteiger partial charge in [0.05, 0.1) is 10.5 Å². The lowest BCUT2D eigenvalue weighted by Crippen LogP contribution is -2.30. The van der Waals surface area contributed by atoms with Crippen molar-refractivity contribution in [1.82, 2.24) is 9.88 Å². The first-order valence-electron chi connectivity index (χ1n) is 10.8. The first-order valence-corrected chi connectivity index (χ1v) is 11.7. The number of aryl methyl sites for hydroxylation is 3. The van der Waals surface area contributed by atoms with Crippen molar-refractivity contribution in [3.05, 3.63) is 87.1 Å². The van der Waals surface area contributed by atoms with Gasteiger partial charge in [-0.1, -0.05) is 30.8 Å². The molecular formula is C26H27N3O3S. The van der Waals surface area contributed by atoms with Gasteiger partial charge in [0.2, 0.25) is 0 Å². The number of nitrogens with one attached hydrogen (secondary N) is 2. The maximum atomic E-state index is 12.6. The van der Waals surface area contributed by atoms with E-state index < -0.39 is 5.97 Å². The lowest BCUT2D eigenvalue weighted by molar-refractivity contribution is -0.116. The molecule has 4 rings (SSSR count). The van der Waals surface area contributed by atoms with Gasteiger partial charge < -0.3 is 20.3 Å². The molecule has 1 aromatic heterocycles. The number of carbonyl (C=O) groups excluding carboxylic acids is 1. The van der Waals surface area contributed by atoms with Crippen molar-refractivity contribution in [3.8, 4) is 5.69 Å². The van der Waals surface area contributed by atoms with Gasteiger partial charge in [-0.2, -0.15) is 0 Å². The molecule has 0 saturated carbocycles. The van der Waals surface area contributed by atoms with Crippen LogP contribution < -0.4 is 10.6 Å². The van der Waals surface area contributed by atoms with Crippen molar-refractivity contribution in [2.24, 2.45) is 0 Å². The SMILES string of the molecule is CCc1ccc(N[C@@H]2NC(=O)/C(=C/c3cc(C)n(-c4ccc(C(=O)O)cc4C)c3C)S2)cc1. The summed E-state index contributed by atoms with van der Waals surface area (Å²) in [5.41, 5.74) is 7.04. The second-order valence-corrected chi connectivity index (χ2v) is 9.29. The number of carboxylic acids is 1. The summed E-state index contributed by atoms with van der Waals surface area (Å²) in [5, 5.41) is 15.6. The number of aromatic nitrogens is 1. The number of carbonyl (C=O) groups is 2. The molecule has 170 valence electrons. The zero-order chi connectivity index (χ0) is 23.7. The van der Waals surface area contributed by atoms with Crippen molar-refractivity contribution in [3.63, 3.8) is 0 Å². The Kier molecular flexibility index (Phi) is 6.33. The fourth-order valence-corrected chi connectivity index (χ4v) is 5.01. The van der Waals surface area contributed by atoms with Crippen molar-refractivity contribution in [1.29, 1.82) is 0 Å². The molecule has 7 heteroatoms. The molecule has 1 saturated heterocycles. The average Bonchev–Trinajstić information content (AvgIpc) is 3.26. The molecule has 1 aliphatic rings. The summed E-state index contributed by atoms with van der Waals surface area (Å²) in [6.07, 6.45) is 2.91. The van der Waals surface area contributed by atoms with Crippen LogP contribution in [0.5, 0.6) is 0 Å². The maximum absolute atomic E-state index is 12.6. The molecule has 0 bridgehead atoms. The van der Waals surface area contributed by atoms with Crippen LogP contribution in [-0.4, -0.2) is 27.0 Å². The number of hydrogen-bond acceptors (Lipinski definition) is 4. The van der Waals surface area contributed by atoms with Gasteiger partial charge in [0.15, 0.2) is 5.50 Å². The van der Waals surface area contributed by atoms with E-state index in [1.54, 1.807) is 12.1 Å². The predicted molar refractivity (Wildman–Crippen MR) is 134 cm³/mol. The van der Waals surface area contributed by atoms with Crippen molar-refractivity contribution >= 4 is 35.4 Å². The van der Waals surface area contributed by atoms with Crippen molar-refractivity contribution < 1.29 is 14.7 Å². The van der Waals surface area contributed by atoms with Gasteiger partial charge in [0.1, 0.15) is 0 Å². The summed E-state index contributed by atoms with van der Waals surface area (Å²) in [7, 11) is 0. The van der Waals surface area contributed by atoms with Gasteiger partial charge in [0.25, 0.3) is 5.91 Å². The third-order valence-corrected chi connectivity index (χ3v) is 6.86. The van der Waals surface area contributed by atoms with E-state index in [0.29, 0.717) is 4.91 Å². The third-order valence-electron chi connectivity index (χ3n) is 5.83. The van der Waals surface area contributed by atoms with Crippen molar-refractivity contribution in [2.45, 2.75) is 39.6 Å². The lowest BCUT2D eigenvalue weighted by atomic mass is 10.1. The number of rotatable bonds is 6. The zero-order valence-corrected chi connectivity index (χ0v) is 19.9. The van der Waals surface area contributed by atoms with Crippen LogP contribution in [0.3, 0.4) is 0 Å². The molecule has 3 aromatic rings. The van der Waals surface area contributed by atoms with E-state index in [9.17, 15) is 14.7 Å². The topological polar surface area (TPSA) is 83.4 Å². The Hall–Kier alpha value is -3.45. The van der Waals surface area contributed by atoms with E-state index in [0.717, 1.165) is 40.3 Å². The third kappa shape index (κ3) is 4.68. The highest BCUT2D eigenvalue weighted by atomic mass is 32.2. The van der Waals surface area contributed by atoms with Crippen LogP contribution in [0.25, 0.3) is 11.8 Å². The Bertz CT molecular complexity index is 1260. The maximum Gasteiger partial charge on any atom is 0.335 e.